The van der Waals surface area contributed by atoms with Gasteiger partial charge in [0.25, 0.3) is 0 Å². The molecule has 0 atom stereocenters. The predicted octanol–water partition coefficient (Wildman–Crippen LogP) is 5.12. The lowest BCUT2D eigenvalue weighted by molar-refractivity contribution is -0.126. The van der Waals surface area contributed by atoms with Crippen molar-refractivity contribution in [2.45, 2.75) is 44.1 Å². The fourth-order valence-electron chi connectivity index (χ4n) is 6.39. The minimum atomic E-state index is -3.71. The first kappa shape index (κ1) is 29.9. The average Bonchev–Trinajstić information content (AvgIpc) is 3.16. The standard InChI is InChI=1S/C32H33F2N5O4S/c1-18(2)35-9-10-43-30-27(38-44(4,41)42)11-19(16-37-30)22-12-23-26(13-25(22)34)36-17-28-29(23)32(31(40)39(28)3)14-20(15-32)21-7-5-6-8-24(21)33/h5-8,11-13,16-18,20,35,38H,9-10,14-15H2,1-4H3/t20-,32-. The van der Waals surface area contributed by atoms with Crippen LogP contribution in [0.2, 0.25) is 0 Å². The zero-order valence-electron chi connectivity index (χ0n) is 24.8. The van der Waals surface area contributed by atoms with Crippen LogP contribution in [0.25, 0.3) is 22.0 Å². The van der Waals surface area contributed by atoms with Crippen molar-refractivity contribution < 1.29 is 26.7 Å². The molecule has 12 heteroatoms. The number of nitrogens with zero attached hydrogens (tertiary/aromatic N) is 3. The molecule has 0 unspecified atom stereocenters. The SMILES string of the molecule is CC(C)NCCOc1ncc(-c2cc3c(cc2F)ncc2c3[C@]3(C[C@@H](c4ccccc4F)C3)C(=O)N2C)cc1NS(C)(=O)=O. The van der Waals surface area contributed by atoms with Crippen LogP contribution < -0.4 is 19.7 Å². The first-order valence-electron chi connectivity index (χ1n) is 14.4. The zero-order chi connectivity index (χ0) is 31.4. The number of likely N-dealkylation sites (N-methyl/N-ethyl adjacent to an activating group) is 1. The number of aromatic nitrogens is 2. The van der Waals surface area contributed by atoms with Crippen LogP contribution in [0.4, 0.5) is 20.2 Å². The summed E-state index contributed by atoms with van der Waals surface area (Å²) in [5.41, 5.74) is 1.97. The van der Waals surface area contributed by atoms with Gasteiger partial charge in [0.2, 0.25) is 21.8 Å². The van der Waals surface area contributed by atoms with Crippen LogP contribution in [0.3, 0.4) is 0 Å². The second kappa shape index (κ2) is 11.1. The van der Waals surface area contributed by atoms with Gasteiger partial charge in [0.1, 0.15) is 23.9 Å². The molecular formula is C32H33F2N5O4S. The van der Waals surface area contributed by atoms with E-state index in [9.17, 15) is 17.6 Å². The van der Waals surface area contributed by atoms with E-state index in [1.807, 2.05) is 13.8 Å². The number of amides is 1. The first-order chi connectivity index (χ1) is 20.9. The summed E-state index contributed by atoms with van der Waals surface area (Å²) in [5, 5.41) is 3.81. The molecule has 1 saturated carbocycles. The smallest absolute Gasteiger partial charge is 0.238 e. The van der Waals surface area contributed by atoms with Gasteiger partial charge in [-0.05, 0) is 42.5 Å². The van der Waals surface area contributed by atoms with E-state index >= 15 is 4.39 Å². The number of sulfonamides is 1. The number of hydrogen-bond donors (Lipinski definition) is 2. The molecule has 9 nitrogen and oxygen atoms in total. The van der Waals surface area contributed by atoms with Gasteiger partial charge in [-0.1, -0.05) is 32.0 Å². The molecule has 0 saturated heterocycles. The van der Waals surface area contributed by atoms with E-state index < -0.39 is 21.3 Å². The van der Waals surface area contributed by atoms with Gasteiger partial charge >= 0.3 is 0 Å². The van der Waals surface area contributed by atoms with E-state index in [4.69, 9.17) is 4.74 Å². The van der Waals surface area contributed by atoms with Gasteiger partial charge in [-0.15, -0.1) is 0 Å². The Hall–Kier alpha value is -4.16. The van der Waals surface area contributed by atoms with Crippen molar-refractivity contribution in [1.29, 1.82) is 0 Å². The number of anilines is 2. The van der Waals surface area contributed by atoms with E-state index in [1.165, 1.54) is 24.4 Å². The summed E-state index contributed by atoms with van der Waals surface area (Å²) in [4.78, 5) is 24.0. The van der Waals surface area contributed by atoms with Crippen LogP contribution in [0.5, 0.6) is 5.88 Å². The van der Waals surface area contributed by atoms with Crippen molar-refractivity contribution in [3.63, 3.8) is 0 Å². The van der Waals surface area contributed by atoms with E-state index in [1.54, 1.807) is 42.4 Å². The Morgan fingerprint density at radius 3 is 2.55 bits per heavy atom. The largest absolute Gasteiger partial charge is 0.475 e. The first-order valence-corrected chi connectivity index (χ1v) is 16.3. The molecule has 4 aromatic rings. The number of fused-ring (bicyclic) bond motifs is 4. The number of pyridine rings is 2. The summed E-state index contributed by atoms with van der Waals surface area (Å²) in [6.45, 7) is 4.75. The molecule has 1 aliphatic heterocycles. The Kier molecular flexibility index (Phi) is 7.53. The van der Waals surface area contributed by atoms with E-state index in [-0.39, 0.29) is 47.4 Å². The van der Waals surface area contributed by atoms with Gasteiger partial charge in [-0.3, -0.25) is 14.5 Å². The Bertz CT molecular complexity index is 1890. The van der Waals surface area contributed by atoms with Gasteiger partial charge in [0, 0.05) is 54.0 Å². The average molecular weight is 622 g/mol. The number of rotatable bonds is 9. The summed E-state index contributed by atoms with van der Waals surface area (Å²) >= 11 is 0. The molecule has 2 aliphatic rings. The van der Waals surface area contributed by atoms with Crippen LogP contribution in [0, 0.1) is 11.6 Å². The molecule has 1 aliphatic carbocycles. The van der Waals surface area contributed by atoms with Crippen LogP contribution in [-0.4, -0.2) is 56.8 Å². The lowest BCUT2D eigenvalue weighted by Crippen LogP contribution is -2.48. The molecule has 3 heterocycles. The minimum absolute atomic E-state index is 0.0633. The zero-order valence-corrected chi connectivity index (χ0v) is 25.6. The Labute approximate surface area is 254 Å². The third-order valence-corrected chi connectivity index (χ3v) is 8.97. The molecule has 6 rings (SSSR count). The Morgan fingerprint density at radius 2 is 1.84 bits per heavy atom. The second-order valence-electron chi connectivity index (χ2n) is 11.8. The molecule has 0 radical (unpaired) electrons. The molecule has 1 amide bonds. The van der Waals surface area contributed by atoms with Crippen molar-refractivity contribution >= 4 is 38.2 Å². The number of carbonyl (C=O) groups is 1. The number of carbonyl (C=O) groups excluding carboxylic acids is 1. The van der Waals surface area contributed by atoms with Crippen LogP contribution in [0.15, 0.2) is 54.9 Å². The van der Waals surface area contributed by atoms with Crippen LogP contribution in [0.1, 0.15) is 43.7 Å². The summed E-state index contributed by atoms with van der Waals surface area (Å²) in [6, 6.07) is 11.3. The fourth-order valence-corrected chi connectivity index (χ4v) is 6.93. The third-order valence-electron chi connectivity index (χ3n) is 8.38. The summed E-state index contributed by atoms with van der Waals surface area (Å²) in [6.07, 6.45) is 4.84. The van der Waals surface area contributed by atoms with E-state index in [0.717, 1.165) is 11.8 Å². The maximum absolute atomic E-state index is 15.7. The molecule has 1 fully saturated rings. The molecule has 230 valence electrons. The normalized spacial score (nSPS) is 19.5. The second-order valence-corrected chi connectivity index (χ2v) is 13.6. The highest BCUT2D eigenvalue weighted by Crippen LogP contribution is 2.60. The fraction of sp³-hybridized carbons (Fsp3) is 0.344. The Balaban J connectivity index is 1.42. The number of hydrogen-bond acceptors (Lipinski definition) is 7. The maximum Gasteiger partial charge on any atom is 0.238 e. The predicted molar refractivity (Wildman–Crippen MR) is 165 cm³/mol. The number of nitrogens with one attached hydrogen (secondary N) is 2. The topological polar surface area (TPSA) is 114 Å². The summed E-state index contributed by atoms with van der Waals surface area (Å²) in [7, 11) is -2.02. The van der Waals surface area contributed by atoms with Gasteiger partial charge in [-0.2, -0.15) is 0 Å². The molecule has 2 N–H and O–H groups in total. The lowest BCUT2D eigenvalue weighted by Gasteiger charge is -2.44. The van der Waals surface area contributed by atoms with Crippen molar-refractivity contribution in [2.24, 2.45) is 0 Å². The quantitative estimate of drug-likeness (QED) is 0.250. The molecule has 44 heavy (non-hydrogen) atoms. The number of benzene rings is 2. The van der Waals surface area contributed by atoms with Gasteiger partial charge in [0.15, 0.2) is 0 Å². The van der Waals surface area contributed by atoms with E-state index in [0.29, 0.717) is 47.1 Å². The van der Waals surface area contributed by atoms with Crippen LogP contribution in [-0.2, 0) is 20.2 Å². The van der Waals surface area contributed by atoms with Crippen molar-refractivity contribution in [3.8, 4) is 17.0 Å². The highest BCUT2D eigenvalue weighted by molar-refractivity contribution is 7.92. The highest BCUT2D eigenvalue weighted by Gasteiger charge is 2.59. The highest BCUT2D eigenvalue weighted by atomic mass is 32.2. The third kappa shape index (κ3) is 5.26. The van der Waals surface area contributed by atoms with Gasteiger partial charge in [0.05, 0.1) is 29.1 Å². The monoisotopic (exact) mass is 621 g/mol. The number of halogens is 2. The van der Waals surface area contributed by atoms with Crippen LogP contribution >= 0.6 is 0 Å². The van der Waals surface area contributed by atoms with Crippen molar-refractivity contribution in [1.82, 2.24) is 15.3 Å². The molecular weight excluding hydrogens is 588 g/mol. The lowest BCUT2D eigenvalue weighted by atomic mass is 9.57. The maximum atomic E-state index is 15.7. The van der Waals surface area contributed by atoms with Gasteiger partial charge in [-0.25, -0.2) is 22.2 Å². The molecule has 2 aromatic heterocycles. The van der Waals surface area contributed by atoms with E-state index in [2.05, 4.69) is 20.0 Å². The molecule has 0 bridgehead atoms. The summed E-state index contributed by atoms with van der Waals surface area (Å²) in [5.74, 6) is -1.07. The van der Waals surface area contributed by atoms with Crippen molar-refractivity contribution in [3.05, 3.63) is 77.6 Å². The Morgan fingerprint density at radius 1 is 1.09 bits per heavy atom. The van der Waals surface area contributed by atoms with Crippen molar-refractivity contribution in [2.75, 3.05) is 36.1 Å². The van der Waals surface area contributed by atoms with Gasteiger partial charge < -0.3 is 15.0 Å². The molecule has 1 spiro atoms. The minimum Gasteiger partial charge on any atom is -0.475 e. The number of ether oxygens (including phenoxy) is 1. The summed E-state index contributed by atoms with van der Waals surface area (Å²) < 4.78 is 62.8. The molecule has 2 aromatic carbocycles.